The van der Waals surface area contributed by atoms with Crippen LogP contribution in [0, 0.1) is 0 Å². The molecule has 0 spiro atoms. The maximum absolute atomic E-state index is 5.43. The highest BCUT2D eigenvalue weighted by molar-refractivity contribution is 8.22. The quantitative estimate of drug-likeness (QED) is 0.578. The lowest BCUT2D eigenvalue weighted by Gasteiger charge is -2.17. The van der Waals surface area contributed by atoms with Crippen LogP contribution in [-0.2, 0) is 0 Å². The first-order valence-electron chi connectivity index (χ1n) is 5.46. The van der Waals surface area contributed by atoms with Crippen LogP contribution >= 0.6 is 24.0 Å². The van der Waals surface area contributed by atoms with E-state index in [-0.39, 0.29) is 0 Å². The molecule has 0 heterocycles. The number of hydrogen-bond acceptors (Lipinski definition) is 3. The summed E-state index contributed by atoms with van der Waals surface area (Å²) in [5.74, 6) is 0.929. The van der Waals surface area contributed by atoms with Gasteiger partial charge in [-0.05, 0) is 12.8 Å². The van der Waals surface area contributed by atoms with E-state index in [4.69, 9.17) is 18.0 Å². The number of rotatable bonds is 3. The topological polar surface area (TPSA) is 38.0 Å². The van der Waals surface area contributed by atoms with Crippen molar-refractivity contribution in [3.63, 3.8) is 0 Å². The van der Waals surface area contributed by atoms with Crippen LogP contribution in [0.2, 0.25) is 0 Å². The Morgan fingerprint density at radius 1 is 1.29 bits per heavy atom. The minimum atomic E-state index is 0.621. The molecule has 14 heavy (non-hydrogen) atoms. The molecule has 3 N–H and O–H groups in total. The first-order chi connectivity index (χ1) is 6.83. The Bertz CT molecular complexity index is 166. The van der Waals surface area contributed by atoms with Gasteiger partial charge in [-0.15, -0.1) is 0 Å². The fourth-order valence-electron chi connectivity index (χ4n) is 1.78. The molecule has 1 fully saturated rings. The van der Waals surface area contributed by atoms with E-state index in [9.17, 15) is 0 Å². The van der Waals surface area contributed by atoms with Crippen LogP contribution in [0.1, 0.15) is 38.5 Å². The SMILES string of the molecule is NCCSC(=S)NC1CCCCCC1. The second-order valence-corrected chi connectivity index (χ2v) is 5.53. The Morgan fingerprint density at radius 3 is 2.50 bits per heavy atom. The van der Waals surface area contributed by atoms with E-state index in [1.807, 2.05) is 0 Å². The van der Waals surface area contributed by atoms with E-state index in [1.165, 1.54) is 38.5 Å². The minimum absolute atomic E-state index is 0.621. The van der Waals surface area contributed by atoms with Crippen molar-refractivity contribution in [1.29, 1.82) is 0 Å². The van der Waals surface area contributed by atoms with Crippen molar-refractivity contribution in [3.8, 4) is 0 Å². The molecule has 0 bridgehead atoms. The van der Waals surface area contributed by atoms with E-state index in [0.717, 1.165) is 10.1 Å². The fraction of sp³-hybridized carbons (Fsp3) is 0.900. The van der Waals surface area contributed by atoms with Crippen LogP contribution in [0.5, 0.6) is 0 Å². The third-order valence-electron chi connectivity index (χ3n) is 2.53. The second-order valence-electron chi connectivity index (χ2n) is 3.76. The number of thioether (sulfide) groups is 1. The van der Waals surface area contributed by atoms with Gasteiger partial charge < -0.3 is 11.1 Å². The van der Waals surface area contributed by atoms with Crippen LogP contribution in [0.25, 0.3) is 0 Å². The van der Waals surface area contributed by atoms with Crippen molar-refractivity contribution >= 4 is 28.3 Å². The minimum Gasteiger partial charge on any atom is -0.368 e. The zero-order valence-electron chi connectivity index (χ0n) is 8.63. The molecule has 0 aromatic rings. The molecule has 82 valence electrons. The maximum Gasteiger partial charge on any atom is 0.134 e. The molecule has 1 rings (SSSR count). The first-order valence-corrected chi connectivity index (χ1v) is 6.85. The summed E-state index contributed by atoms with van der Waals surface area (Å²) < 4.78 is 0.933. The third-order valence-corrected chi connectivity index (χ3v) is 3.82. The smallest absolute Gasteiger partial charge is 0.134 e. The Labute approximate surface area is 96.4 Å². The zero-order valence-corrected chi connectivity index (χ0v) is 10.3. The zero-order chi connectivity index (χ0) is 10.2. The molecule has 4 heteroatoms. The standard InChI is InChI=1S/C10H20N2S2/c11-7-8-14-10(13)12-9-5-3-1-2-4-6-9/h9H,1-8,11H2,(H,12,13). The van der Waals surface area contributed by atoms with Crippen LogP contribution in [-0.4, -0.2) is 22.7 Å². The monoisotopic (exact) mass is 232 g/mol. The van der Waals surface area contributed by atoms with Gasteiger partial charge in [0.25, 0.3) is 0 Å². The number of nitrogens with two attached hydrogens (primary N) is 1. The molecule has 0 aromatic heterocycles. The second kappa shape index (κ2) is 7.49. The third kappa shape index (κ3) is 5.17. The molecule has 2 nitrogen and oxygen atoms in total. The van der Waals surface area contributed by atoms with Crippen LogP contribution < -0.4 is 11.1 Å². The fourth-order valence-corrected chi connectivity index (χ4v) is 2.75. The van der Waals surface area contributed by atoms with E-state index in [0.29, 0.717) is 12.6 Å². The van der Waals surface area contributed by atoms with E-state index < -0.39 is 0 Å². The predicted molar refractivity (Wildman–Crippen MR) is 68.7 cm³/mol. The van der Waals surface area contributed by atoms with E-state index in [2.05, 4.69) is 5.32 Å². The summed E-state index contributed by atoms with van der Waals surface area (Å²) in [6.45, 7) is 0.706. The van der Waals surface area contributed by atoms with Gasteiger partial charge in [-0.1, -0.05) is 49.7 Å². The summed E-state index contributed by atoms with van der Waals surface area (Å²) in [6.07, 6.45) is 8.04. The van der Waals surface area contributed by atoms with Crippen molar-refractivity contribution < 1.29 is 0 Å². The molecule has 1 aliphatic carbocycles. The Morgan fingerprint density at radius 2 is 1.93 bits per heavy atom. The summed E-state index contributed by atoms with van der Waals surface area (Å²) >= 11 is 6.91. The normalized spacial score (nSPS) is 18.9. The van der Waals surface area contributed by atoms with Crippen LogP contribution in [0.4, 0.5) is 0 Å². The van der Waals surface area contributed by atoms with Crippen LogP contribution in [0.3, 0.4) is 0 Å². The molecule has 0 unspecified atom stereocenters. The molecule has 1 aliphatic rings. The van der Waals surface area contributed by atoms with Gasteiger partial charge in [-0.3, -0.25) is 0 Å². The lowest BCUT2D eigenvalue weighted by molar-refractivity contribution is 0.538. The molecular formula is C10H20N2S2. The Kier molecular flexibility index (Phi) is 6.56. The molecular weight excluding hydrogens is 212 g/mol. The van der Waals surface area contributed by atoms with Gasteiger partial charge in [0.2, 0.25) is 0 Å². The van der Waals surface area contributed by atoms with Gasteiger partial charge in [0.15, 0.2) is 0 Å². The highest BCUT2D eigenvalue weighted by Crippen LogP contribution is 2.18. The first kappa shape index (κ1) is 12.3. The van der Waals surface area contributed by atoms with Gasteiger partial charge in [0, 0.05) is 18.3 Å². The average molecular weight is 232 g/mol. The molecule has 0 saturated heterocycles. The predicted octanol–water partition coefficient (Wildman–Crippen LogP) is 2.28. The summed E-state index contributed by atoms with van der Waals surface area (Å²) in [5, 5.41) is 3.43. The number of hydrogen-bond donors (Lipinski definition) is 2. The average Bonchev–Trinajstić information content (AvgIpc) is 2.43. The van der Waals surface area contributed by atoms with Gasteiger partial charge in [0.05, 0.1) is 0 Å². The Hall–Kier alpha value is 0.200. The Balaban J connectivity index is 2.17. The van der Waals surface area contributed by atoms with Crippen molar-refractivity contribution in [2.24, 2.45) is 5.73 Å². The molecule has 0 aromatic carbocycles. The van der Waals surface area contributed by atoms with E-state index >= 15 is 0 Å². The largest absolute Gasteiger partial charge is 0.368 e. The van der Waals surface area contributed by atoms with Crippen molar-refractivity contribution in [2.75, 3.05) is 12.3 Å². The molecule has 0 radical (unpaired) electrons. The van der Waals surface area contributed by atoms with Crippen molar-refractivity contribution in [1.82, 2.24) is 5.32 Å². The molecule has 0 aliphatic heterocycles. The summed E-state index contributed by atoms with van der Waals surface area (Å²) in [4.78, 5) is 0. The summed E-state index contributed by atoms with van der Waals surface area (Å²) in [6, 6.07) is 0.621. The van der Waals surface area contributed by atoms with Gasteiger partial charge in [0.1, 0.15) is 4.32 Å². The van der Waals surface area contributed by atoms with Gasteiger partial charge in [-0.2, -0.15) is 0 Å². The van der Waals surface area contributed by atoms with Crippen molar-refractivity contribution in [2.45, 2.75) is 44.6 Å². The summed E-state index contributed by atoms with van der Waals surface area (Å²) in [5.41, 5.74) is 5.43. The molecule has 0 atom stereocenters. The lowest BCUT2D eigenvalue weighted by atomic mass is 10.1. The van der Waals surface area contributed by atoms with Crippen LogP contribution in [0.15, 0.2) is 0 Å². The van der Waals surface area contributed by atoms with E-state index in [1.54, 1.807) is 11.8 Å². The molecule has 0 amide bonds. The number of thiocarbonyl (C=S) groups is 1. The summed E-state index contributed by atoms with van der Waals surface area (Å²) in [7, 11) is 0. The lowest BCUT2D eigenvalue weighted by Crippen LogP contribution is -2.31. The van der Waals surface area contributed by atoms with Gasteiger partial charge in [-0.25, -0.2) is 0 Å². The highest BCUT2D eigenvalue weighted by atomic mass is 32.2. The van der Waals surface area contributed by atoms with Gasteiger partial charge >= 0.3 is 0 Å². The molecule has 1 saturated carbocycles. The number of nitrogens with one attached hydrogen (secondary N) is 1. The highest BCUT2D eigenvalue weighted by Gasteiger charge is 2.12. The van der Waals surface area contributed by atoms with Crippen molar-refractivity contribution in [3.05, 3.63) is 0 Å². The maximum atomic E-state index is 5.43.